The molecule has 3 aromatic rings. The van der Waals surface area contributed by atoms with E-state index in [1.54, 1.807) is 44.4 Å². The molecule has 0 fully saturated rings. The normalized spacial score (nSPS) is 11.9. The number of aryl methyl sites for hydroxylation is 2. The number of methoxy groups -OCH3 is 4. The van der Waals surface area contributed by atoms with Gasteiger partial charge < -0.3 is 24.3 Å². The third-order valence-corrected chi connectivity index (χ3v) is 7.78. The van der Waals surface area contributed by atoms with Crippen molar-refractivity contribution in [1.29, 1.82) is 0 Å². The molecular formula is C28H34N2O7S. The van der Waals surface area contributed by atoms with Crippen molar-refractivity contribution in [2.75, 3.05) is 39.3 Å². The average molecular weight is 543 g/mol. The largest absolute Gasteiger partial charge is 0.497 e. The molecule has 0 unspecified atom stereocenters. The lowest BCUT2D eigenvalue weighted by Crippen LogP contribution is -2.41. The summed E-state index contributed by atoms with van der Waals surface area (Å²) < 4.78 is 50.2. The van der Waals surface area contributed by atoms with Gasteiger partial charge in [0.15, 0.2) is 11.5 Å². The van der Waals surface area contributed by atoms with Crippen LogP contribution in [0.2, 0.25) is 0 Å². The number of nitrogens with one attached hydrogen (secondary N) is 1. The molecule has 0 radical (unpaired) electrons. The molecule has 1 amide bonds. The SMILES string of the molecule is COc1ccc(OC)c([C@H](C)NC(=O)CN(c2cc(C)cc(C)c2)S(=O)(=O)c2ccc(OC)c(OC)c2)c1. The first-order chi connectivity index (χ1) is 18.0. The average Bonchev–Trinajstić information content (AvgIpc) is 2.90. The molecule has 3 rings (SSSR count). The Morgan fingerprint density at radius 1 is 0.816 bits per heavy atom. The molecule has 0 aliphatic rings. The van der Waals surface area contributed by atoms with Crippen molar-refractivity contribution in [3.63, 3.8) is 0 Å². The highest BCUT2D eigenvalue weighted by Gasteiger charge is 2.29. The fraction of sp³-hybridized carbons (Fsp3) is 0.321. The first-order valence-electron chi connectivity index (χ1n) is 11.9. The highest BCUT2D eigenvalue weighted by atomic mass is 32.2. The van der Waals surface area contributed by atoms with Crippen molar-refractivity contribution >= 4 is 21.6 Å². The van der Waals surface area contributed by atoms with Gasteiger partial charge in [-0.3, -0.25) is 9.10 Å². The van der Waals surface area contributed by atoms with Crippen LogP contribution in [0.25, 0.3) is 0 Å². The number of ether oxygens (including phenoxy) is 4. The zero-order valence-corrected chi connectivity index (χ0v) is 23.5. The number of hydrogen-bond acceptors (Lipinski definition) is 7. The third kappa shape index (κ3) is 6.31. The Hall–Kier alpha value is -3.92. The lowest BCUT2D eigenvalue weighted by atomic mass is 10.1. The second-order valence-corrected chi connectivity index (χ2v) is 10.6. The van der Waals surface area contributed by atoms with Crippen LogP contribution in [-0.2, 0) is 14.8 Å². The first kappa shape index (κ1) is 28.6. The lowest BCUT2D eigenvalue weighted by Gasteiger charge is -2.26. The standard InChI is InChI=1S/C28H34N2O7S/c1-18-12-19(2)14-21(13-18)30(38(32,33)23-9-11-26(36-6)27(16-23)37-7)17-28(31)29-20(3)24-15-22(34-4)8-10-25(24)35-5/h8-16,20H,17H2,1-7H3,(H,29,31)/t20-/m0/s1. The molecule has 0 aromatic heterocycles. The van der Waals surface area contributed by atoms with Gasteiger partial charge >= 0.3 is 0 Å². The van der Waals surface area contributed by atoms with Gasteiger partial charge in [-0.25, -0.2) is 8.42 Å². The molecule has 10 heteroatoms. The van der Waals surface area contributed by atoms with Crippen molar-refractivity contribution in [2.24, 2.45) is 0 Å². The Kier molecular flexibility index (Phi) is 9.11. The van der Waals surface area contributed by atoms with Gasteiger partial charge in [0.2, 0.25) is 5.91 Å². The van der Waals surface area contributed by atoms with Crippen molar-refractivity contribution in [3.05, 3.63) is 71.3 Å². The fourth-order valence-corrected chi connectivity index (χ4v) is 5.61. The molecule has 0 spiro atoms. The number of hydrogen-bond donors (Lipinski definition) is 1. The molecule has 1 atom stereocenters. The Labute approximate surface area is 224 Å². The van der Waals surface area contributed by atoms with Gasteiger partial charge in [0.1, 0.15) is 18.0 Å². The molecule has 0 saturated heterocycles. The summed E-state index contributed by atoms with van der Waals surface area (Å²) in [6.07, 6.45) is 0. The van der Waals surface area contributed by atoms with E-state index >= 15 is 0 Å². The van der Waals surface area contributed by atoms with E-state index in [4.69, 9.17) is 18.9 Å². The van der Waals surface area contributed by atoms with Crippen LogP contribution in [0.3, 0.4) is 0 Å². The molecular weight excluding hydrogens is 508 g/mol. The second kappa shape index (κ2) is 12.1. The predicted octanol–water partition coefficient (Wildman–Crippen LogP) is 4.41. The summed E-state index contributed by atoms with van der Waals surface area (Å²) in [6.45, 7) is 5.08. The summed E-state index contributed by atoms with van der Waals surface area (Å²) in [7, 11) is 1.82. The highest BCUT2D eigenvalue weighted by molar-refractivity contribution is 7.92. The monoisotopic (exact) mass is 542 g/mol. The maximum atomic E-state index is 13.9. The Morgan fingerprint density at radius 3 is 2.00 bits per heavy atom. The lowest BCUT2D eigenvalue weighted by molar-refractivity contribution is -0.120. The van der Waals surface area contributed by atoms with Crippen LogP contribution in [0.1, 0.15) is 29.7 Å². The highest BCUT2D eigenvalue weighted by Crippen LogP contribution is 2.33. The van der Waals surface area contributed by atoms with Gasteiger partial charge in [-0.15, -0.1) is 0 Å². The van der Waals surface area contributed by atoms with E-state index < -0.39 is 28.5 Å². The zero-order valence-electron chi connectivity index (χ0n) is 22.7. The molecule has 1 N–H and O–H groups in total. The Bertz CT molecular complexity index is 1390. The third-order valence-electron chi connectivity index (χ3n) is 6.01. The van der Waals surface area contributed by atoms with Crippen molar-refractivity contribution in [1.82, 2.24) is 5.32 Å². The van der Waals surface area contributed by atoms with Gasteiger partial charge in [0, 0.05) is 11.6 Å². The number of nitrogens with zero attached hydrogens (tertiary/aromatic N) is 1. The molecule has 0 bridgehead atoms. The Morgan fingerprint density at radius 2 is 1.42 bits per heavy atom. The van der Waals surface area contributed by atoms with Gasteiger partial charge in [-0.1, -0.05) is 6.07 Å². The fourth-order valence-electron chi connectivity index (χ4n) is 4.19. The zero-order chi connectivity index (χ0) is 28.0. The number of rotatable bonds is 11. The Balaban J connectivity index is 2.00. The molecule has 3 aromatic carbocycles. The summed E-state index contributed by atoms with van der Waals surface area (Å²) in [5, 5.41) is 2.89. The van der Waals surface area contributed by atoms with Crippen LogP contribution in [-0.4, -0.2) is 49.3 Å². The van der Waals surface area contributed by atoms with E-state index in [0.717, 1.165) is 15.4 Å². The summed E-state index contributed by atoms with van der Waals surface area (Å²) in [5.74, 6) is 1.34. The van der Waals surface area contributed by atoms with Crippen molar-refractivity contribution in [2.45, 2.75) is 31.7 Å². The number of amides is 1. The van der Waals surface area contributed by atoms with Crippen molar-refractivity contribution in [3.8, 4) is 23.0 Å². The van der Waals surface area contributed by atoms with Crippen LogP contribution >= 0.6 is 0 Å². The molecule has 0 aliphatic heterocycles. The molecule has 0 aliphatic carbocycles. The number of anilines is 1. The van der Waals surface area contributed by atoms with E-state index in [0.29, 0.717) is 28.5 Å². The van der Waals surface area contributed by atoms with Crippen LogP contribution in [0, 0.1) is 13.8 Å². The smallest absolute Gasteiger partial charge is 0.264 e. The summed E-state index contributed by atoms with van der Waals surface area (Å²) in [5.41, 5.74) is 2.80. The summed E-state index contributed by atoms with van der Waals surface area (Å²) in [4.78, 5) is 13.3. The van der Waals surface area contributed by atoms with Crippen LogP contribution in [0.15, 0.2) is 59.5 Å². The van der Waals surface area contributed by atoms with Crippen LogP contribution in [0.4, 0.5) is 5.69 Å². The molecule has 38 heavy (non-hydrogen) atoms. The molecule has 0 heterocycles. The minimum atomic E-state index is -4.17. The van der Waals surface area contributed by atoms with E-state index in [-0.39, 0.29) is 10.6 Å². The molecule has 204 valence electrons. The maximum Gasteiger partial charge on any atom is 0.264 e. The van der Waals surface area contributed by atoms with Gasteiger partial charge in [0.05, 0.1) is 45.1 Å². The van der Waals surface area contributed by atoms with E-state index in [9.17, 15) is 13.2 Å². The quantitative estimate of drug-likeness (QED) is 0.383. The predicted molar refractivity (Wildman–Crippen MR) is 146 cm³/mol. The van der Waals surface area contributed by atoms with Gasteiger partial charge in [-0.2, -0.15) is 0 Å². The topological polar surface area (TPSA) is 103 Å². The number of carbonyl (C=O) groups excluding carboxylic acids is 1. The minimum absolute atomic E-state index is 0.0374. The second-order valence-electron chi connectivity index (χ2n) is 8.77. The first-order valence-corrected chi connectivity index (χ1v) is 13.3. The molecule has 0 saturated carbocycles. The number of benzene rings is 3. The molecule has 9 nitrogen and oxygen atoms in total. The van der Waals surface area contributed by atoms with Gasteiger partial charge in [-0.05, 0) is 74.4 Å². The summed E-state index contributed by atoms with van der Waals surface area (Å²) >= 11 is 0. The van der Waals surface area contributed by atoms with Gasteiger partial charge in [0.25, 0.3) is 10.0 Å². The van der Waals surface area contributed by atoms with E-state index in [1.807, 2.05) is 19.9 Å². The van der Waals surface area contributed by atoms with Crippen molar-refractivity contribution < 1.29 is 32.2 Å². The summed E-state index contributed by atoms with van der Waals surface area (Å²) in [6, 6.07) is 14.5. The van der Waals surface area contributed by atoms with Crippen LogP contribution in [0.5, 0.6) is 23.0 Å². The maximum absolute atomic E-state index is 13.9. The van der Waals surface area contributed by atoms with E-state index in [1.165, 1.54) is 39.5 Å². The van der Waals surface area contributed by atoms with E-state index in [2.05, 4.69) is 5.32 Å². The number of sulfonamides is 1. The van der Waals surface area contributed by atoms with Crippen LogP contribution < -0.4 is 28.6 Å². The minimum Gasteiger partial charge on any atom is -0.497 e. The number of carbonyl (C=O) groups is 1.